The first-order chi connectivity index (χ1) is 10.7. The molecule has 1 N–H and O–H groups in total. The van der Waals surface area contributed by atoms with Gasteiger partial charge in [0.1, 0.15) is 11.9 Å². The second-order valence-corrected chi connectivity index (χ2v) is 6.72. The number of ether oxygens (including phenoxy) is 2. The maximum Gasteiger partial charge on any atom is 0.121 e. The Kier molecular flexibility index (Phi) is 5.24. The molecule has 1 aromatic rings. The van der Waals surface area contributed by atoms with Gasteiger partial charge in [-0.05, 0) is 50.4 Å². The molecule has 2 aliphatic heterocycles. The fourth-order valence-electron chi connectivity index (χ4n) is 3.52. The first kappa shape index (κ1) is 16.1. The fraction of sp³-hybridized carbons (Fsp3) is 0.647. The maximum atomic E-state index is 9.95. The van der Waals surface area contributed by atoms with Gasteiger partial charge >= 0.3 is 0 Å². The first-order valence-corrected chi connectivity index (χ1v) is 8.45. The van der Waals surface area contributed by atoms with Crippen LogP contribution in [0, 0.1) is 0 Å². The van der Waals surface area contributed by atoms with E-state index in [2.05, 4.69) is 4.90 Å². The standard InChI is InChI=1S/C17H24ClNO3/c18-14-3-1-4-15(11-14)22-16-5-2-8-19(12-16)17(13-20)6-9-21-10-7-17/h1,3-4,11,16,20H,2,5-10,12-13H2/t16-/m0/s1. The lowest BCUT2D eigenvalue weighted by Gasteiger charge is -2.48. The van der Waals surface area contributed by atoms with Crippen molar-refractivity contribution in [1.82, 2.24) is 4.90 Å². The molecule has 1 aromatic carbocycles. The molecule has 2 heterocycles. The third kappa shape index (κ3) is 3.57. The smallest absolute Gasteiger partial charge is 0.121 e. The van der Waals surface area contributed by atoms with Crippen LogP contribution in [0.1, 0.15) is 25.7 Å². The van der Waals surface area contributed by atoms with Crippen molar-refractivity contribution in [3.8, 4) is 5.75 Å². The Hall–Kier alpha value is -0.810. The molecule has 2 saturated heterocycles. The number of aliphatic hydroxyl groups excluding tert-OH is 1. The zero-order valence-corrected chi connectivity index (χ0v) is 13.6. The number of halogens is 1. The molecular formula is C17H24ClNO3. The van der Waals surface area contributed by atoms with Crippen molar-refractivity contribution in [1.29, 1.82) is 0 Å². The van der Waals surface area contributed by atoms with Crippen LogP contribution in [0.25, 0.3) is 0 Å². The molecule has 4 nitrogen and oxygen atoms in total. The Labute approximate surface area is 137 Å². The Morgan fingerprint density at radius 2 is 2.18 bits per heavy atom. The van der Waals surface area contributed by atoms with Crippen molar-refractivity contribution in [3.63, 3.8) is 0 Å². The predicted molar refractivity (Wildman–Crippen MR) is 86.5 cm³/mol. The molecule has 0 amide bonds. The highest BCUT2D eigenvalue weighted by Crippen LogP contribution is 2.31. The van der Waals surface area contributed by atoms with Gasteiger partial charge in [-0.2, -0.15) is 0 Å². The Bertz CT molecular complexity index is 491. The van der Waals surface area contributed by atoms with Crippen LogP contribution >= 0.6 is 11.6 Å². The van der Waals surface area contributed by atoms with Crippen molar-refractivity contribution >= 4 is 11.6 Å². The summed E-state index contributed by atoms with van der Waals surface area (Å²) in [5.74, 6) is 0.823. The van der Waals surface area contributed by atoms with E-state index in [0.717, 1.165) is 57.7 Å². The van der Waals surface area contributed by atoms with E-state index >= 15 is 0 Å². The number of aliphatic hydroxyl groups is 1. The van der Waals surface area contributed by atoms with Crippen molar-refractivity contribution in [3.05, 3.63) is 29.3 Å². The molecule has 22 heavy (non-hydrogen) atoms. The van der Waals surface area contributed by atoms with Gasteiger partial charge in [-0.15, -0.1) is 0 Å². The molecule has 0 aromatic heterocycles. The summed E-state index contributed by atoms with van der Waals surface area (Å²) < 4.78 is 11.6. The second-order valence-electron chi connectivity index (χ2n) is 6.28. The van der Waals surface area contributed by atoms with Gasteiger partial charge in [-0.1, -0.05) is 17.7 Å². The predicted octanol–water partition coefficient (Wildman–Crippen LogP) is 2.72. The summed E-state index contributed by atoms with van der Waals surface area (Å²) in [5.41, 5.74) is -0.130. The van der Waals surface area contributed by atoms with Crippen LogP contribution in [-0.4, -0.2) is 54.6 Å². The summed E-state index contributed by atoms with van der Waals surface area (Å²) in [6, 6.07) is 7.56. The minimum Gasteiger partial charge on any atom is -0.489 e. The summed E-state index contributed by atoms with van der Waals surface area (Å²) in [6.45, 7) is 3.54. The SMILES string of the molecule is OCC1(N2CCC[C@H](Oc3cccc(Cl)c3)C2)CCOCC1. The van der Waals surface area contributed by atoms with Gasteiger partial charge in [0.2, 0.25) is 0 Å². The number of rotatable bonds is 4. The monoisotopic (exact) mass is 325 g/mol. The Balaban J connectivity index is 1.65. The highest BCUT2D eigenvalue weighted by atomic mass is 35.5. The number of hydrogen-bond acceptors (Lipinski definition) is 4. The molecule has 2 fully saturated rings. The van der Waals surface area contributed by atoms with E-state index in [1.54, 1.807) is 0 Å². The highest BCUT2D eigenvalue weighted by Gasteiger charge is 2.40. The molecule has 122 valence electrons. The van der Waals surface area contributed by atoms with Gasteiger partial charge in [0.25, 0.3) is 0 Å². The second kappa shape index (κ2) is 7.18. The van der Waals surface area contributed by atoms with Crippen LogP contribution in [0.3, 0.4) is 0 Å². The van der Waals surface area contributed by atoms with Crippen LogP contribution in [0.15, 0.2) is 24.3 Å². The largest absolute Gasteiger partial charge is 0.489 e. The molecule has 5 heteroatoms. The van der Waals surface area contributed by atoms with Crippen LogP contribution in [-0.2, 0) is 4.74 Å². The highest BCUT2D eigenvalue weighted by molar-refractivity contribution is 6.30. The number of piperidine rings is 1. The number of nitrogens with zero attached hydrogens (tertiary/aromatic N) is 1. The lowest BCUT2D eigenvalue weighted by atomic mass is 9.86. The lowest BCUT2D eigenvalue weighted by molar-refractivity contribution is -0.0786. The molecule has 3 rings (SSSR count). The van der Waals surface area contributed by atoms with E-state index in [1.807, 2.05) is 24.3 Å². The zero-order chi connectivity index (χ0) is 15.4. The lowest BCUT2D eigenvalue weighted by Crippen LogP contribution is -2.59. The molecule has 0 bridgehead atoms. The van der Waals surface area contributed by atoms with Crippen molar-refractivity contribution in [2.75, 3.05) is 32.9 Å². The van der Waals surface area contributed by atoms with Crippen LogP contribution in [0.5, 0.6) is 5.75 Å². The van der Waals surface area contributed by atoms with Crippen LogP contribution in [0.2, 0.25) is 5.02 Å². The number of hydrogen-bond donors (Lipinski definition) is 1. The van der Waals surface area contributed by atoms with Gasteiger partial charge in [-0.3, -0.25) is 4.90 Å². The normalized spacial score (nSPS) is 25.8. The summed E-state index contributed by atoms with van der Waals surface area (Å²) in [5, 5.41) is 10.6. The minimum absolute atomic E-state index is 0.130. The molecule has 0 radical (unpaired) electrons. The van der Waals surface area contributed by atoms with E-state index < -0.39 is 0 Å². The number of benzene rings is 1. The third-order valence-corrected chi connectivity index (χ3v) is 5.10. The molecule has 1 atom stereocenters. The number of likely N-dealkylation sites (tertiary alicyclic amines) is 1. The summed E-state index contributed by atoms with van der Waals surface area (Å²) >= 11 is 6.02. The van der Waals surface area contributed by atoms with Gasteiger partial charge in [0.05, 0.1) is 6.61 Å². The topological polar surface area (TPSA) is 41.9 Å². The minimum atomic E-state index is -0.130. The first-order valence-electron chi connectivity index (χ1n) is 8.08. The molecule has 0 spiro atoms. The molecule has 0 unspecified atom stereocenters. The van der Waals surface area contributed by atoms with Gasteiger partial charge in [0.15, 0.2) is 0 Å². The zero-order valence-electron chi connectivity index (χ0n) is 12.8. The quantitative estimate of drug-likeness (QED) is 0.924. The van der Waals surface area contributed by atoms with Crippen molar-refractivity contribution in [2.24, 2.45) is 0 Å². The van der Waals surface area contributed by atoms with Crippen molar-refractivity contribution in [2.45, 2.75) is 37.3 Å². The summed E-state index contributed by atoms with van der Waals surface area (Å²) in [7, 11) is 0. The van der Waals surface area contributed by atoms with E-state index in [4.69, 9.17) is 21.1 Å². The average Bonchev–Trinajstić information content (AvgIpc) is 2.56. The summed E-state index contributed by atoms with van der Waals surface area (Å²) in [6.07, 6.45) is 4.08. The maximum absolute atomic E-state index is 9.95. The molecule has 0 aliphatic carbocycles. The Morgan fingerprint density at radius 1 is 1.36 bits per heavy atom. The van der Waals surface area contributed by atoms with E-state index in [0.29, 0.717) is 5.02 Å². The van der Waals surface area contributed by atoms with E-state index in [-0.39, 0.29) is 18.2 Å². The third-order valence-electron chi connectivity index (χ3n) is 4.87. The van der Waals surface area contributed by atoms with E-state index in [1.165, 1.54) is 0 Å². The van der Waals surface area contributed by atoms with Crippen LogP contribution < -0.4 is 4.74 Å². The molecule has 2 aliphatic rings. The van der Waals surface area contributed by atoms with Crippen molar-refractivity contribution < 1.29 is 14.6 Å². The molecule has 0 saturated carbocycles. The van der Waals surface area contributed by atoms with Gasteiger partial charge < -0.3 is 14.6 Å². The average molecular weight is 326 g/mol. The van der Waals surface area contributed by atoms with Crippen LogP contribution in [0.4, 0.5) is 0 Å². The van der Waals surface area contributed by atoms with Gasteiger partial charge in [-0.25, -0.2) is 0 Å². The van der Waals surface area contributed by atoms with Gasteiger partial charge in [0, 0.05) is 30.3 Å². The molecular weight excluding hydrogens is 302 g/mol. The fourth-order valence-corrected chi connectivity index (χ4v) is 3.70. The van der Waals surface area contributed by atoms with E-state index in [9.17, 15) is 5.11 Å². The Morgan fingerprint density at radius 3 is 2.91 bits per heavy atom. The summed E-state index contributed by atoms with van der Waals surface area (Å²) in [4.78, 5) is 2.41.